The van der Waals surface area contributed by atoms with Crippen molar-refractivity contribution in [1.29, 1.82) is 0 Å². The number of hydrogen-bond donors (Lipinski definition) is 1. The van der Waals surface area contributed by atoms with Crippen molar-refractivity contribution in [3.63, 3.8) is 0 Å². The number of anilines is 1. The maximum absolute atomic E-state index is 14.3. The van der Waals surface area contributed by atoms with E-state index in [9.17, 15) is 17.6 Å². The minimum Gasteiger partial charge on any atom is -0.323 e. The SMILES string of the molecule is Cc1ccc(S(=O)(=O)N2CCCC(C(=O)Nc3cc(-n4nnnc4C)ccc3F)C2)s1. The van der Waals surface area contributed by atoms with Gasteiger partial charge in [-0.3, -0.25) is 4.79 Å². The number of thiophene rings is 1. The van der Waals surface area contributed by atoms with E-state index in [4.69, 9.17) is 0 Å². The molecule has 1 saturated heterocycles. The second-order valence-corrected chi connectivity index (χ2v) is 10.8. The van der Waals surface area contributed by atoms with Crippen molar-refractivity contribution >= 4 is 33.0 Å². The van der Waals surface area contributed by atoms with Crippen LogP contribution in [0, 0.1) is 25.6 Å². The summed E-state index contributed by atoms with van der Waals surface area (Å²) in [6, 6.07) is 7.52. The molecule has 1 amide bonds. The van der Waals surface area contributed by atoms with E-state index in [1.807, 2.05) is 6.92 Å². The summed E-state index contributed by atoms with van der Waals surface area (Å²) in [6.07, 6.45) is 1.07. The predicted octanol–water partition coefficient (Wildman–Crippen LogP) is 2.52. The third kappa shape index (κ3) is 4.36. The van der Waals surface area contributed by atoms with E-state index in [1.165, 1.54) is 38.5 Å². The highest BCUT2D eigenvalue weighted by Gasteiger charge is 2.34. The number of aromatic nitrogens is 4. The quantitative estimate of drug-likeness (QED) is 0.621. The molecule has 1 aromatic carbocycles. The Labute approximate surface area is 182 Å². The fourth-order valence-corrected chi connectivity index (χ4v) is 6.46. The Morgan fingerprint density at radius 3 is 2.74 bits per heavy atom. The Balaban J connectivity index is 1.51. The fraction of sp³-hybridized carbons (Fsp3) is 0.368. The lowest BCUT2D eigenvalue weighted by atomic mass is 9.98. The topological polar surface area (TPSA) is 110 Å². The molecule has 1 fully saturated rings. The van der Waals surface area contributed by atoms with E-state index >= 15 is 0 Å². The van der Waals surface area contributed by atoms with Crippen LogP contribution in [0.2, 0.25) is 0 Å². The number of nitrogens with one attached hydrogen (secondary N) is 1. The van der Waals surface area contributed by atoms with Gasteiger partial charge in [-0.15, -0.1) is 16.4 Å². The van der Waals surface area contributed by atoms with Crippen LogP contribution in [0.15, 0.2) is 34.5 Å². The van der Waals surface area contributed by atoms with Gasteiger partial charge in [-0.1, -0.05) is 0 Å². The van der Waals surface area contributed by atoms with E-state index in [1.54, 1.807) is 19.1 Å². The summed E-state index contributed by atoms with van der Waals surface area (Å²) in [5, 5.41) is 13.8. The van der Waals surface area contributed by atoms with Crippen LogP contribution in [-0.2, 0) is 14.8 Å². The van der Waals surface area contributed by atoms with E-state index in [0.717, 1.165) is 4.88 Å². The van der Waals surface area contributed by atoms with Crippen LogP contribution < -0.4 is 5.32 Å². The number of tetrazole rings is 1. The van der Waals surface area contributed by atoms with Gasteiger partial charge in [-0.05, 0) is 67.4 Å². The summed E-state index contributed by atoms with van der Waals surface area (Å²) in [5.74, 6) is -1.09. The third-order valence-electron chi connectivity index (χ3n) is 5.14. The summed E-state index contributed by atoms with van der Waals surface area (Å²) in [4.78, 5) is 13.8. The lowest BCUT2D eigenvalue weighted by Gasteiger charge is -2.30. The van der Waals surface area contributed by atoms with Gasteiger partial charge in [0, 0.05) is 18.0 Å². The number of aryl methyl sites for hydroxylation is 2. The average Bonchev–Trinajstić information content (AvgIpc) is 3.38. The molecule has 0 spiro atoms. The predicted molar refractivity (Wildman–Crippen MR) is 113 cm³/mol. The Morgan fingerprint density at radius 2 is 2.06 bits per heavy atom. The summed E-state index contributed by atoms with van der Waals surface area (Å²) in [7, 11) is -3.66. The summed E-state index contributed by atoms with van der Waals surface area (Å²) in [6.45, 7) is 3.95. The molecule has 0 bridgehead atoms. The normalized spacial score (nSPS) is 17.6. The standard InChI is InChI=1S/C19H21FN6O3S2/c1-12-5-8-18(30-12)31(28,29)25-9-3-4-14(11-25)19(27)21-17-10-15(6-7-16(17)20)26-13(2)22-23-24-26/h5-8,10,14H,3-4,9,11H2,1-2H3,(H,21,27). The first-order valence-electron chi connectivity index (χ1n) is 9.68. The Hall–Kier alpha value is -2.70. The van der Waals surface area contributed by atoms with Crippen molar-refractivity contribution in [1.82, 2.24) is 24.5 Å². The largest absolute Gasteiger partial charge is 0.323 e. The highest BCUT2D eigenvalue weighted by Crippen LogP contribution is 2.29. The highest BCUT2D eigenvalue weighted by molar-refractivity contribution is 7.91. The second kappa shape index (κ2) is 8.44. The van der Waals surface area contributed by atoms with Crippen LogP contribution in [0.3, 0.4) is 0 Å². The molecule has 1 aliphatic heterocycles. The van der Waals surface area contributed by atoms with Crippen molar-refractivity contribution in [2.45, 2.75) is 30.9 Å². The van der Waals surface area contributed by atoms with Gasteiger partial charge < -0.3 is 5.32 Å². The first-order chi connectivity index (χ1) is 14.8. The number of rotatable bonds is 5. The number of carbonyl (C=O) groups is 1. The third-order valence-corrected chi connectivity index (χ3v) is 8.48. The molecular formula is C19H21FN6O3S2. The van der Waals surface area contributed by atoms with Crippen molar-refractivity contribution < 1.29 is 17.6 Å². The molecule has 3 heterocycles. The number of sulfonamides is 1. The monoisotopic (exact) mass is 464 g/mol. The van der Waals surface area contributed by atoms with Crippen molar-refractivity contribution in [3.8, 4) is 5.69 Å². The van der Waals surface area contributed by atoms with Crippen molar-refractivity contribution in [3.05, 3.63) is 46.9 Å². The number of amides is 1. The smallest absolute Gasteiger partial charge is 0.252 e. The van der Waals surface area contributed by atoms with Crippen LogP contribution in [0.1, 0.15) is 23.5 Å². The van der Waals surface area contributed by atoms with E-state index in [-0.39, 0.29) is 16.4 Å². The lowest BCUT2D eigenvalue weighted by molar-refractivity contribution is -0.120. The van der Waals surface area contributed by atoms with Gasteiger partial charge in [0.25, 0.3) is 10.0 Å². The number of hydrogen-bond acceptors (Lipinski definition) is 7. The second-order valence-electron chi connectivity index (χ2n) is 7.36. The molecule has 3 aromatic rings. The zero-order valence-corrected chi connectivity index (χ0v) is 18.6. The zero-order chi connectivity index (χ0) is 22.2. The van der Waals surface area contributed by atoms with Gasteiger partial charge in [-0.25, -0.2) is 12.8 Å². The molecule has 164 valence electrons. The van der Waals surface area contributed by atoms with Crippen LogP contribution in [0.4, 0.5) is 10.1 Å². The molecule has 31 heavy (non-hydrogen) atoms. The van der Waals surface area contributed by atoms with Gasteiger partial charge >= 0.3 is 0 Å². The van der Waals surface area contributed by atoms with E-state index in [0.29, 0.717) is 30.9 Å². The number of piperidine rings is 1. The Bertz CT molecular complexity index is 1220. The van der Waals surface area contributed by atoms with Gasteiger partial charge in [0.1, 0.15) is 10.0 Å². The Morgan fingerprint density at radius 1 is 1.26 bits per heavy atom. The summed E-state index contributed by atoms with van der Waals surface area (Å²) >= 11 is 1.21. The van der Waals surface area contributed by atoms with E-state index < -0.39 is 27.7 Å². The molecule has 1 atom stereocenters. The molecule has 0 saturated carbocycles. The van der Waals surface area contributed by atoms with Crippen LogP contribution in [0.5, 0.6) is 0 Å². The molecule has 9 nitrogen and oxygen atoms in total. The molecule has 2 aromatic heterocycles. The molecule has 1 aliphatic rings. The molecule has 0 aliphatic carbocycles. The van der Waals surface area contributed by atoms with Crippen LogP contribution >= 0.6 is 11.3 Å². The molecule has 4 rings (SSSR count). The minimum absolute atomic E-state index is 0.00809. The van der Waals surface area contributed by atoms with Crippen LogP contribution in [0.25, 0.3) is 5.69 Å². The van der Waals surface area contributed by atoms with Crippen molar-refractivity contribution in [2.75, 3.05) is 18.4 Å². The first-order valence-corrected chi connectivity index (χ1v) is 11.9. The molecule has 1 unspecified atom stereocenters. The molecular weight excluding hydrogens is 443 g/mol. The number of halogens is 1. The highest BCUT2D eigenvalue weighted by atomic mass is 32.2. The Kier molecular flexibility index (Phi) is 5.86. The van der Waals surface area contributed by atoms with Gasteiger partial charge in [0.15, 0.2) is 5.82 Å². The number of carbonyl (C=O) groups excluding carboxylic acids is 1. The number of nitrogens with zero attached hydrogens (tertiary/aromatic N) is 5. The fourth-order valence-electron chi connectivity index (χ4n) is 3.50. The maximum atomic E-state index is 14.3. The van der Waals surface area contributed by atoms with Crippen LogP contribution in [-0.4, -0.2) is 51.9 Å². The molecule has 0 radical (unpaired) electrons. The van der Waals surface area contributed by atoms with Gasteiger partial charge in [0.05, 0.1) is 17.3 Å². The zero-order valence-electron chi connectivity index (χ0n) is 16.9. The number of benzene rings is 1. The first kappa shape index (κ1) is 21.5. The lowest BCUT2D eigenvalue weighted by Crippen LogP contribution is -2.43. The summed E-state index contributed by atoms with van der Waals surface area (Å²) < 4.78 is 43.2. The van der Waals surface area contributed by atoms with E-state index in [2.05, 4.69) is 20.8 Å². The maximum Gasteiger partial charge on any atom is 0.252 e. The summed E-state index contributed by atoms with van der Waals surface area (Å²) in [5.41, 5.74) is 0.492. The van der Waals surface area contributed by atoms with Crippen molar-refractivity contribution in [2.24, 2.45) is 5.92 Å². The molecule has 12 heteroatoms. The minimum atomic E-state index is -3.66. The van der Waals surface area contributed by atoms with Gasteiger partial charge in [-0.2, -0.15) is 8.99 Å². The average molecular weight is 465 g/mol. The molecule has 1 N–H and O–H groups in total. The van der Waals surface area contributed by atoms with Gasteiger partial charge in [0.2, 0.25) is 5.91 Å².